The van der Waals surface area contributed by atoms with Crippen LogP contribution < -0.4 is 5.32 Å². The first-order valence-electron chi connectivity index (χ1n) is 12.7. The van der Waals surface area contributed by atoms with Crippen LogP contribution in [0.5, 0.6) is 5.75 Å². The van der Waals surface area contributed by atoms with Crippen molar-refractivity contribution in [1.82, 2.24) is 10.2 Å². The number of nitrogens with one attached hydrogen (secondary N) is 1. The topological polar surface area (TPSA) is 69.6 Å². The average molecular weight is 481 g/mol. The number of halogens is 1. The molecule has 35 heavy (non-hydrogen) atoms. The van der Waals surface area contributed by atoms with E-state index >= 15 is 0 Å². The zero-order valence-electron chi connectivity index (χ0n) is 21.0. The van der Waals surface area contributed by atoms with Gasteiger partial charge in [-0.15, -0.1) is 0 Å². The number of phenolic OH excluding ortho intramolecular Hbond substituents is 1. The van der Waals surface area contributed by atoms with Crippen molar-refractivity contribution in [2.45, 2.75) is 44.9 Å². The molecular weight excluding hydrogens is 443 g/mol. The van der Waals surface area contributed by atoms with Gasteiger partial charge >= 0.3 is 0 Å². The molecule has 0 radical (unpaired) electrons. The third-order valence-corrected chi connectivity index (χ3v) is 7.96. The molecule has 0 unspecified atom stereocenters. The number of ketones is 2. The van der Waals surface area contributed by atoms with Crippen LogP contribution in [0.3, 0.4) is 0 Å². The molecule has 2 aliphatic rings. The minimum atomic E-state index is -0.524. The molecule has 1 aliphatic heterocycles. The van der Waals surface area contributed by atoms with E-state index in [2.05, 4.69) is 24.3 Å². The van der Waals surface area contributed by atoms with Gasteiger partial charge in [0, 0.05) is 41.8 Å². The number of Topliss-reactive ketones (excluding diaryl/α,β-unsaturated/α-hetero) is 2. The highest BCUT2D eigenvalue weighted by atomic mass is 19.1. The number of hydrogen-bond donors (Lipinski definition) is 2. The van der Waals surface area contributed by atoms with Crippen molar-refractivity contribution in [1.29, 1.82) is 0 Å². The SMILES string of the molecule is Cc1c(F)cccc1[C@H]1[C@@H](C(=O)c2cccc(O)c2)CNC[C@H]1C(=O)C1(CCCCN(C)C)CC1. The molecule has 5 nitrogen and oxygen atoms in total. The zero-order chi connectivity index (χ0) is 25.2. The highest BCUT2D eigenvalue weighted by molar-refractivity contribution is 6.00. The molecule has 2 aromatic carbocycles. The van der Waals surface area contributed by atoms with Crippen LogP contribution in [-0.4, -0.2) is 55.3 Å². The molecule has 6 heteroatoms. The summed E-state index contributed by atoms with van der Waals surface area (Å²) in [6, 6.07) is 11.3. The predicted molar refractivity (Wildman–Crippen MR) is 135 cm³/mol. The van der Waals surface area contributed by atoms with E-state index in [9.17, 15) is 19.1 Å². The Hall–Kier alpha value is -2.57. The Morgan fingerprint density at radius 2 is 1.80 bits per heavy atom. The molecule has 1 aliphatic carbocycles. The standard InChI is InChI=1S/C29H37FN2O3/c1-19-22(10-7-11-25(19)30)26-23(27(34)20-8-6-9-21(33)16-20)17-31-18-24(26)28(35)29(13-14-29)12-4-5-15-32(2)3/h6-11,16,23-24,26,31,33H,4-5,12-15,17-18H2,1-3H3/t23-,24+,26-/m0/s1. The van der Waals surface area contributed by atoms with Gasteiger partial charge in [0.1, 0.15) is 17.3 Å². The molecule has 2 N–H and O–H groups in total. The summed E-state index contributed by atoms with van der Waals surface area (Å²) >= 11 is 0. The number of rotatable bonds is 10. The summed E-state index contributed by atoms with van der Waals surface area (Å²) in [6.45, 7) is 3.64. The fraction of sp³-hybridized carbons (Fsp3) is 0.517. The van der Waals surface area contributed by atoms with Gasteiger partial charge < -0.3 is 15.3 Å². The van der Waals surface area contributed by atoms with Gasteiger partial charge in [-0.25, -0.2) is 4.39 Å². The maximum absolute atomic E-state index is 14.7. The number of benzene rings is 2. The number of carbonyl (C=O) groups excluding carboxylic acids is 2. The summed E-state index contributed by atoms with van der Waals surface area (Å²) in [7, 11) is 4.11. The van der Waals surface area contributed by atoms with Crippen molar-refractivity contribution in [2.75, 3.05) is 33.7 Å². The molecule has 188 valence electrons. The Balaban J connectivity index is 1.66. The van der Waals surface area contributed by atoms with Crippen LogP contribution >= 0.6 is 0 Å². The lowest BCUT2D eigenvalue weighted by Gasteiger charge is -2.40. The van der Waals surface area contributed by atoms with Crippen molar-refractivity contribution in [3.8, 4) is 5.75 Å². The van der Waals surface area contributed by atoms with E-state index in [4.69, 9.17) is 0 Å². The number of hydrogen-bond acceptors (Lipinski definition) is 5. The molecule has 0 amide bonds. The Morgan fingerprint density at radius 1 is 1.09 bits per heavy atom. The first-order valence-corrected chi connectivity index (χ1v) is 12.7. The third-order valence-electron chi connectivity index (χ3n) is 7.96. The summed E-state index contributed by atoms with van der Waals surface area (Å²) < 4.78 is 14.7. The Morgan fingerprint density at radius 3 is 2.49 bits per heavy atom. The van der Waals surface area contributed by atoms with Gasteiger partial charge in [0.2, 0.25) is 0 Å². The molecule has 0 spiro atoms. The smallest absolute Gasteiger partial charge is 0.167 e. The lowest BCUT2D eigenvalue weighted by Crippen LogP contribution is -2.50. The van der Waals surface area contributed by atoms with Crippen LogP contribution in [-0.2, 0) is 4.79 Å². The Labute approximate surface area is 207 Å². The van der Waals surface area contributed by atoms with Gasteiger partial charge in [-0.3, -0.25) is 9.59 Å². The molecule has 1 heterocycles. The number of phenols is 1. The van der Waals surface area contributed by atoms with E-state index in [-0.39, 0.29) is 28.5 Å². The molecule has 3 atom stereocenters. The number of piperidine rings is 1. The van der Waals surface area contributed by atoms with E-state index in [1.165, 1.54) is 18.2 Å². The van der Waals surface area contributed by atoms with E-state index < -0.39 is 17.8 Å². The summed E-state index contributed by atoms with van der Waals surface area (Å²) in [5.74, 6) is -1.53. The van der Waals surface area contributed by atoms with Crippen LogP contribution in [0.4, 0.5) is 4.39 Å². The van der Waals surface area contributed by atoms with Crippen molar-refractivity contribution in [3.63, 3.8) is 0 Å². The maximum atomic E-state index is 14.7. The molecule has 1 saturated carbocycles. The minimum Gasteiger partial charge on any atom is -0.508 e. The second kappa shape index (κ2) is 10.6. The number of aromatic hydroxyl groups is 1. The van der Waals surface area contributed by atoms with Gasteiger partial charge in [0.25, 0.3) is 0 Å². The Bertz CT molecular complexity index is 1080. The van der Waals surface area contributed by atoms with E-state index in [1.54, 1.807) is 25.1 Å². The highest BCUT2D eigenvalue weighted by Gasteiger charge is 2.54. The largest absolute Gasteiger partial charge is 0.508 e. The van der Waals surface area contributed by atoms with Gasteiger partial charge in [0.05, 0.1) is 0 Å². The van der Waals surface area contributed by atoms with E-state index in [0.29, 0.717) is 24.2 Å². The summed E-state index contributed by atoms with van der Waals surface area (Å²) in [5, 5.41) is 13.3. The van der Waals surface area contributed by atoms with Crippen LogP contribution in [0.2, 0.25) is 0 Å². The second-order valence-electron chi connectivity index (χ2n) is 10.7. The zero-order valence-corrected chi connectivity index (χ0v) is 21.0. The lowest BCUT2D eigenvalue weighted by atomic mass is 9.66. The molecule has 4 rings (SSSR count). The second-order valence-corrected chi connectivity index (χ2v) is 10.7. The fourth-order valence-corrected chi connectivity index (χ4v) is 5.79. The van der Waals surface area contributed by atoms with Gasteiger partial charge in [-0.1, -0.05) is 30.7 Å². The molecule has 2 aromatic rings. The number of unbranched alkanes of at least 4 members (excludes halogenated alkanes) is 1. The Kier molecular flexibility index (Phi) is 7.72. The van der Waals surface area contributed by atoms with Gasteiger partial charge in [0.15, 0.2) is 5.78 Å². The van der Waals surface area contributed by atoms with E-state index in [0.717, 1.165) is 44.2 Å². The molecule has 2 fully saturated rings. The number of carbonyl (C=O) groups is 2. The van der Waals surface area contributed by atoms with Crippen LogP contribution in [0.1, 0.15) is 59.5 Å². The first kappa shape index (κ1) is 25.5. The normalized spacial score (nSPS) is 23.3. The first-order chi connectivity index (χ1) is 16.7. The average Bonchev–Trinajstić information content (AvgIpc) is 3.63. The van der Waals surface area contributed by atoms with E-state index in [1.807, 2.05) is 6.07 Å². The van der Waals surface area contributed by atoms with Crippen molar-refractivity contribution in [3.05, 3.63) is 65.0 Å². The summed E-state index contributed by atoms with van der Waals surface area (Å²) in [4.78, 5) is 29.9. The molecule has 0 aromatic heterocycles. The minimum absolute atomic E-state index is 0.0281. The van der Waals surface area contributed by atoms with Crippen LogP contribution in [0, 0.1) is 30.0 Å². The monoisotopic (exact) mass is 480 g/mol. The maximum Gasteiger partial charge on any atom is 0.167 e. The van der Waals surface area contributed by atoms with Gasteiger partial charge in [-0.05, 0) is 82.6 Å². The molecular formula is C29H37FN2O3. The summed E-state index contributed by atoms with van der Waals surface area (Å²) in [5.41, 5.74) is 1.34. The van der Waals surface area contributed by atoms with Crippen molar-refractivity contribution in [2.24, 2.45) is 17.3 Å². The van der Waals surface area contributed by atoms with Gasteiger partial charge in [-0.2, -0.15) is 0 Å². The number of nitrogens with zero attached hydrogens (tertiary/aromatic N) is 1. The quantitative estimate of drug-likeness (QED) is 0.380. The highest BCUT2D eigenvalue weighted by Crippen LogP contribution is 2.54. The third kappa shape index (κ3) is 5.49. The molecule has 0 bridgehead atoms. The van der Waals surface area contributed by atoms with Crippen LogP contribution in [0.25, 0.3) is 0 Å². The predicted octanol–water partition coefficient (Wildman–Crippen LogP) is 4.72. The van der Waals surface area contributed by atoms with Crippen molar-refractivity contribution < 1.29 is 19.1 Å². The van der Waals surface area contributed by atoms with Crippen molar-refractivity contribution >= 4 is 11.6 Å². The fourth-order valence-electron chi connectivity index (χ4n) is 5.79. The summed E-state index contributed by atoms with van der Waals surface area (Å²) in [6.07, 6.45) is 4.71. The van der Waals surface area contributed by atoms with Crippen LogP contribution in [0.15, 0.2) is 42.5 Å². The molecule has 1 saturated heterocycles. The lowest BCUT2D eigenvalue weighted by molar-refractivity contribution is -0.130.